The zero-order valence-electron chi connectivity index (χ0n) is 17.3. The fourth-order valence-corrected chi connectivity index (χ4v) is 4.45. The predicted molar refractivity (Wildman–Crippen MR) is 108 cm³/mol. The molecule has 3 fully saturated rings. The van der Waals surface area contributed by atoms with Gasteiger partial charge in [0.2, 0.25) is 17.7 Å². The number of carbonyl (C=O) groups is 3. The summed E-state index contributed by atoms with van der Waals surface area (Å²) in [4.78, 5) is 46.3. The lowest BCUT2D eigenvalue weighted by atomic mass is 10.1. The van der Waals surface area contributed by atoms with Gasteiger partial charge in [0.25, 0.3) is 5.91 Å². The van der Waals surface area contributed by atoms with Crippen LogP contribution < -0.4 is 15.4 Å². The molecule has 1 aliphatic carbocycles. The zero-order chi connectivity index (χ0) is 21.4. The van der Waals surface area contributed by atoms with Crippen molar-refractivity contribution in [2.75, 3.05) is 45.9 Å². The molecule has 0 radical (unpaired) electrons. The van der Waals surface area contributed by atoms with Gasteiger partial charge in [0, 0.05) is 44.8 Å². The molecule has 0 aromatic carbocycles. The van der Waals surface area contributed by atoms with Crippen molar-refractivity contribution in [2.45, 2.75) is 31.0 Å². The van der Waals surface area contributed by atoms with Crippen LogP contribution in [0.3, 0.4) is 0 Å². The van der Waals surface area contributed by atoms with Crippen LogP contribution in [-0.4, -0.2) is 96.6 Å². The average Bonchev–Trinajstić information content (AvgIpc) is 3.55. The summed E-state index contributed by atoms with van der Waals surface area (Å²) >= 11 is 0. The molecule has 3 amide bonds. The van der Waals surface area contributed by atoms with Crippen molar-refractivity contribution >= 4 is 17.7 Å². The van der Waals surface area contributed by atoms with E-state index in [0.717, 1.165) is 12.8 Å². The largest absolute Gasteiger partial charge is 0.475 e. The summed E-state index contributed by atoms with van der Waals surface area (Å²) in [6, 6.07) is 2.77. The smallest absolute Gasteiger partial charge is 0.257 e. The standard InChI is InChI=1S/C21H27N5O5/c27-18-12-30-17-9-22-8-16(17)24-19(28)15-2-1-5-23-20(15)31-11-14-10-25(6-7-26(14)18)21(29)13-3-4-13/h1-2,5,13-14,16-17,22H,3-4,6-12H2,(H,24,28)/t14-,16+,17-/m0/s1. The van der Waals surface area contributed by atoms with Gasteiger partial charge in [0.1, 0.15) is 18.8 Å². The Morgan fingerprint density at radius 2 is 2.06 bits per heavy atom. The highest BCUT2D eigenvalue weighted by Crippen LogP contribution is 2.32. The van der Waals surface area contributed by atoms with E-state index in [9.17, 15) is 14.4 Å². The molecule has 1 aromatic heterocycles. The van der Waals surface area contributed by atoms with Gasteiger partial charge in [-0.3, -0.25) is 14.4 Å². The minimum atomic E-state index is -0.330. The molecule has 1 saturated carbocycles. The molecule has 1 aromatic rings. The van der Waals surface area contributed by atoms with Gasteiger partial charge in [-0.1, -0.05) is 0 Å². The van der Waals surface area contributed by atoms with Gasteiger partial charge in [-0.05, 0) is 25.0 Å². The molecule has 10 heteroatoms. The normalized spacial score (nSPS) is 29.4. The molecular formula is C21H27N5O5. The lowest BCUT2D eigenvalue weighted by Crippen LogP contribution is -2.59. The molecule has 10 nitrogen and oxygen atoms in total. The monoisotopic (exact) mass is 429 g/mol. The highest BCUT2D eigenvalue weighted by atomic mass is 16.5. The van der Waals surface area contributed by atoms with Gasteiger partial charge < -0.3 is 29.9 Å². The number of pyridine rings is 1. The molecule has 3 aliphatic heterocycles. The Morgan fingerprint density at radius 3 is 2.90 bits per heavy atom. The van der Waals surface area contributed by atoms with Crippen LogP contribution >= 0.6 is 0 Å². The number of nitrogens with one attached hydrogen (secondary N) is 2. The molecule has 4 heterocycles. The van der Waals surface area contributed by atoms with E-state index in [1.54, 1.807) is 23.2 Å². The molecule has 2 saturated heterocycles. The Bertz CT molecular complexity index is 875. The van der Waals surface area contributed by atoms with Crippen molar-refractivity contribution in [3.05, 3.63) is 23.9 Å². The highest BCUT2D eigenvalue weighted by molar-refractivity contribution is 5.96. The first-order valence-corrected chi connectivity index (χ1v) is 10.9. The van der Waals surface area contributed by atoms with E-state index < -0.39 is 0 Å². The van der Waals surface area contributed by atoms with Crippen LogP contribution in [0.4, 0.5) is 0 Å². The number of amides is 3. The zero-order valence-corrected chi connectivity index (χ0v) is 17.3. The lowest BCUT2D eigenvalue weighted by Gasteiger charge is -2.41. The van der Waals surface area contributed by atoms with E-state index in [1.807, 2.05) is 4.90 Å². The summed E-state index contributed by atoms with van der Waals surface area (Å²) in [5.74, 6) is 0.0792. The van der Waals surface area contributed by atoms with Crippen LogP contribution in [0.1, 0.15) is 23.2 Å². The van der Waals surface area contributed by atoms with Crippen LogP contribution in [0.15, 0.2) is 18.3 Å². The van der Waals surface area contributed by atoms with Crippen LogP contribution in [0.25, 0.3) is 0 Å². The van der Waals surface area contributed by atoms with Gasteiger partial charge >= 0.3 is 0 Å². The number of piperazine rings is 1. The molecule has 5 rings (SSSR count). The van der Waals surface area contributed by atoms with E-state index in [4.69, 9.17) is 9.47 Å². The second-order valence-electron chi connectivity index (χ2n) is 8.55. The average molecular weight is 429 g/mol. The molecular weight excluding hydrogens is 402 g/mol. The lowest BCUT2D eigenvalue weighted by molar-refractivity contribution is -0.149. The molecule has 3 atom stereocenters. The number of aromatic nitrogens is 1. The topological polar surface area (TPSA) is 113 Å². The summed E-state index contributed by atoms with van der Waals surface area (Å²) in [7, 11) is 0. The quantitative estimate of drug-likeness (QED) is 0.589. The Hall–Kier alpha value is -2.72. The maximum absolute atomic E-state index is 13.0. The predicted octanol–water partition coefficient (Wildman–Crippen LogP) is -0.990. The second kappa shape index (κ2) is 8.43. The van der Waals surface area contributed by atoms with Gasteiger partial charge in [0.15, 0.2) is 0 Å². The summed E-state index contributed by atoms with van der Waals surface area (Å²) in [6.45, 7) is 2.55. The minimum absolute atomic E-state index is 0.0724. The highest BCUT2D eigenvalue weighted by Gasteiger charge is 2.39. The Kier molecular flexibility index (Phi) is 5.49. The Labute approximate surface area is 180 Å². The minimum Gasteiger partial charge on any atom is -0.475 e. The van der Waals surface area contributed by atoms with E-state index in [1.165, 1.54) is 0 Å². The fourth-order valence-electron chi connectivity index (χ4n) is 4.45. The number of ether oxygens (including phenoxy) is 2. The fraction of sp³-hybridized carbons (Fsp3) is 0.619. The molecule has 0 bridgehead atoms. The van der Waals surface area contributed by atoms with Gasteiger partial charge in [-0.25, -0.2) is 4.98 Å². The SMILES string of the molecule is O=C1N[C@@H]2CNC[C@@H]2OCC(=O)N2CCN(C(=O)C3CC3)C[C@H]2COc2ncccc21. The summed E-state index contributed by atoms with van der Waals surface area (Å²) in [6.07, 6.45) is 3.15. The van der Waals surface area contributed by atoms with Gasteiger partial charge in [-0.15, -0.1) is 0 Å². The van der Waals surface area contributed by atoms with E-state index in [0.29, 0.717) is 38.3 Å². The van der Waals surface area contributed by atoms with Crippen molar-refractivity contribution in [1.29, 1.82) is 0 Å². The molecule has 0 unspecified atom stereocenters. The number of hydrogen-bond donors (Lipinski definition) is 2. The number of carbonyl (C=O) groups excluding carboxylic acids is 3. The Balaban J connectivity index is 1.40. The van der Waals surface area contributed by atoms with Crippen LogP contribution in [0.2, 0.25) is 0 Å². The van der Waals surface area contributed by atoms with Crippen LogP contribution in [0.5, 0.6) is 5.88 Å². The van der Waals surface area contributed by atoms with E-state index in [-0.39, 0.29) is 60.9 Å². The molecule has 31 heavy (non-hydrogen) atoms. The first-order chi connectivity index (χ1) is 15.1. The first kappa shape index (κ1) is 20.2. The molecule has 2 N–H and O–H groups in total. The summed E-state index contributed by atoms with van der Waals surface area (Å²) in [5.41, 5.74) is 0.340. The molecule has 0 spiro atoms. The third-order valence-corrected chi connectivity index (χ3v) is 6.37. The summed E-state index contributed by atoms with van der Waals surface area (Å²) in [5, 5.41) is 6.17. The van der Waals surface area contributed by atoms with E-state index >= 15 is 0 Å². The van der Waals surface area contributed by atoms with Crippen LogP contribution in [-0.2, 0) is 14.3 Å². The van der Waals surface area contributed by atoms with Crippen LogP contribution in [0, 0.1) is 5.92 Å². The third-order valence-electron chi connectivity index (χ3n) is 6.37. The molecule has 166 valence electrons. The van der Waals surface area contributed by atoms with Crippen molar-refractivity contribution in [3.8, 4) is 5.88 Å². The maximum atomic E-state index is 13.0. The number of rotatable bonds is 1. The first-order valence-electron chi connectivity index (χ1n) is 10.9. The van der Waals surface area contributed by atoms with Gasteiger partial charge in [0.05, 0.1) is 18.2 Å². The number of nitrogens with zero attached hydrogens (tertiary/aromatic N) is 3. The summed E-state index contributed by atoms with van der Waals surface area (Å²) < 4.78 is 11.8. The number of fused-ring (bicyclic) bond motifs is 3. The third kappa shape index (κ3) is 4.22. The second-order valence-corrected chi connectivity index (χ2v) is 8.55. The maximum Gasteiger partial charge on any atom is 0.257 e. The van der Waals surface area contributed by atoms with Gasteiger partial charge in [-0.2, -0.15) is 0 Å². The van der Waals surface area contributed by atoms with Crippen molar-refractivity contribution in [3.63, 3.8) is 0 Å². The van der Waals surface area contributed by atoms with Crippen molar-refractivity contribution in [2.24, 2.45) is 5.92 Å². The van der Waals surface area contributed by atoms with E-state index in [2.05, 4.69) is 15.6 Å². The molecule has 4 aliphatic rings. The Morgan fingerprint density at radius 1 is 1.19 bits per heavy atom. The number of hydrogen-bond acceptors (Lipinski definition) is 7. The van der Waals surface area contributed by atoms with Crippen molar-refractivity contribution in [1.82, 2.24) is 25.4 Å². The van der Waals surface area contributed by atoms with Crippen molar-refractivity contribution < 1.29 is 23.9 Å².